The Labute approximate surface area is 660 Å². The molecule has 24 nitrogen and oxygen atoms in total. The molecular formula is C81H170O24Si3. The van der Waals surface area contributed by atoms with E-state index in [0.717, 1.165) is 5.56 Å². The molecule has 0 bridgehead atoms. The van der Waals surface area contributed by atoms with E-state index >= 15 is 0 Å². The van der Waals surface area contributed by atoms with Crippen molar-refractivity contribution in [3.05, 3.63) is 71.8 Å². The van der Waals surface area contributed by atoms with Crippen molar-refractivity contribution in [3.63, 3.8) is 0 Å². The summed E-state index contributed by atoms with van der Waals surface area (Å²) in [6.45, 7) is 72.1. The van der Waals surface area contributed by atoms with Crippen LogP contribution >= 0.6 is 0 Å². The van der Waals surface area contributed by atoms with Crippen LogP contribution in [0.4, 0.5) is 0 Å². The fourth-order valence-electron chi connectivity index (χ4n) is 6.19. The minimum Gasteiger partial charge on any atom is -0.414 e. The second-order valence-electron chi connectivity index (χ2n) is 35.2. The summed E-state index contributed by atoms with van der Waals surface area (Å²) in [6.07, 6.45) is -6.85. The molecule has 0 aliphatic heterocycles. The fourth-order valence-corrected chi connectivity index (χ4v) is 9.26. The molecule has 2 aromatic carbocycles. The standard InChI is InChI=1S/C13H30O4Si.C13H30O3Si.C12H28O2Si.C10H14O3.C10H14O.C7H16O4.C7H16O3.C6H14O2.C3H8O2/c1-8-15-12(16-9-2)11(14)10-17-18(6,7)13(3,4)5;1-12(2,3)15-9-11(14)10-16-17(7,8)13(4,5)6;1-11(2,3)10(13)9-14-15(7,8)12(4,5)6;11-6-10(12)8-13-7-9-4-2-1-3-5-9;1-8(9(2)11)10-6-4-3-5-7-10;1-3-10-7(11-4-2)6(9)5-8;1-7(2,3)10-5-6(9)4-8;1-6(2,3)5(8)4-7;1-3(5)2-4/h11-12,14H,8-10H2,1-7H3;11,14H,9-10H2,1-8H3;10,13H,9H2,1-8H3;1-5,10-12H,6-8H2;3-9,11H,1-2H3;6-9H,3-5H2,1-2H3;6,8-9H,4-5H2,1-3H3;5,7-8H,4H2,1-3H3;3-5H,2H2,1H3/t2*11-;10-;;8-,9-;2*6-;5-;/m101.1000./s1. The lowest BCUT2D eigenvalue weighted by Crippen LogP contribution is -2.45. The Bertz CT molecular complexity index is 2280. The van der Waals surface area contributed by atoms with E-state index in [1.807, 2.05) is 171 Å². The lowest BCUT2D eigenvalue weighted by Gasteiger charge is -2.38. The van der Waals surface area contributed by atoms with E-state index in [9.17, 15) is 20.4 Å². The van der Waals surface area contributed by atoms with Gasteiger partial charge in [0.05, 0.1) is 121 Å². The molecule has 0 saturated heterocycles. The summed E-state index contributed by atoms with van der Waals surface area (Å²) in [6, 6.07) is 19.8. The van der Waals surface area contributed by atoms with Crippen molar-refractivity contribution >= 4 is 25.0 Å². The molecule has 2 aromatic rings. The van der Waals surface area contributed by atoms with Gasteiger partial charge in [-0.25, -0.2) is 0 Å². The molecule has 27 heteroatoms. The van der Waals surface area contributed by atoms with Crippen LogP contribution in [0.1, 0.15) is 211 Å². The summed E-state index contributed by atoms with van der Waals surface area (Å²) in [5.74, 6) is 0.233. The lowest BCUT2D eigenvalue weighted by atomic mass is 9.90. The van der Waals surface area contributed by atoms with Gasteiger partial charge in [-0.3, -0.25) is 0 Å². The number of hydrogen-bond acceptors (Lipinski definition) is 24. The van der Waals surface area contributed by atoms with Gasteiger partial charge in [0.2, 0.25) is 0 Å². The van der Waals surface area contributed by atoms with Gasteiger partial charge in [0.15, 0.2) is 37.5 Å². The molecule has 0 fully saturated rings. The zero-order chi connectivity index (χ0) is 86.5. The minimum atomic E-state index is -1.83. The average Bonchev–Trinajstić information content (AvgIpc) is 0.849. The lowest BCUT2D eigenvalue weighted by molar-refractivity contribution is -0.196. The number of aliphatic hydroxyl groups excluding tert-OH is 14. The van der Waals surface area contributed by atoms with E-state index in [4.69, 9.17) is 97.5 Å². The molecule has 0 radical (unpaired) electrons. The third kappa shape index (κ3) is 68.5. The summed E-state index contributed by atoms with van der Waals surface area (Å²) >= 11 is 0. The maximum Gasteiger partial charge on any atom is 0.192 e. The highest BCUT2D eigenvalue weighted by Crippen LogP contribution is 2.39. The summed E-state index contributed by atoms with van der Waals surface area (Å²) in [5, 5.41) is 125. The van der Waals surface area contributed by atoms with Gasteiger partial charge in [-0.05, 0) is 159 Å². The molecular weight excluding hydrogens is 1440 g/mol. The molecule has 0 amide bonds. The van der Waals surface area contributed by atoms with E-state index in [0.29, 0.717) is 52.9 Å². The number of hydrogen-bond donors (Lipinski definition) is 14. The number of benzene rings is 2. The van der Waals surface area contributed by atoms with Gasteiger partial charge < -0.3 is 118 Å². The fraction of sp³-hybridized carbons (Fsp3) is 0.852. The van der Waals surface area contributed by atoms with E-state index in [1.54, 1.807) is 13.8 Å². The largest absolute Gasteiger partial charge is 0.414 e. The second kappa shape index (κ2) is 61.5. The van der Waals surface area contributed by atoms with Crippen LogP contribution in [0.2, 0.25) is 54.4 Å². The summed E-state index contributed by atoms with van der Waals surface area (Å²) in [4.78, 5) is 0. The molecule has 108 heavy (non-hydrogen) atoms. The molecule has 0 spiro atoms. The van der Waals surface area contributed by atoms with Crippen LogP contribution in [-0.2, 0) is 53.0 Å². The van der Waals surface area contributed by atoms with Gasteiger partial charge in [0.25, 0.3) is 0 Å². The molecule has 0 heterocycles. The maximum atomic E-state index is 10.0. The first-order valence-electron chi connectivity index (χ1n) is 38.4. The van der Waals surface area contributed by atoms with Crippen molar-refractivity contribution in [3.8, 4) is 0 Å². The minimum absolute atomic E-state index is 0.0949. The zero-order valence-electron chi connectivity index (χ0n) is 74.4. The Morgan fingerprint density at radius 1 is 0.352 bits per heavy atom. The van der Waals surface area contributed by atoms with Crippen LogP contribution in [0.3, 0.4) is 0 Å². The molecule has 10 atom stereocenters. The molecule has 0 aliphatic rings. The maximum absolute atomic E-state index is 10.0. The molecule has 2 unspecified atom stereocenters. The van der Waals surface area contributed by atoms with Crippen molar-refractivity contribution in [2.75, 3.05) is 99.1 Å². The Hall–Kier alpha value is -1.87. The van der Waals surface area contributed by atoms with Crippen LogP contribution in [0.25, 0.3) is 0 Å². The Kier molecular flexibility index (Phi) is 68.0. The molecule has 2 rings (SSSR count). The number of aliphatic hydroxyl groups is 14. The van der Waals surface area contributed by atoms with Crippen molar-refractivity contribution in [2.24, 2.45) is 10.8 Å². The summed E-state index contributed by atoms with van der Waals surface area (Å²) < 4.78 is 54.4. The molecule has 0 aromatic heterocycles. The van der Waals surface area contributed by atoms with Crippen LogP contribution in [0.15, 0.2) is 60.7 Å². The third-order valence-electron chi connectivity index (χ3n) is 17.2. The summed E-state index contributed by atoms with van der Waals surface area (Å²) in [7, 11) is -5.30. The zero-order valence-corrected chi connectivity index (χ0v) is 77.4. The van der Waals surface area contributed by atoms with Gasteiger partial charge in [-0.15, -0.1) is 0 Å². The van der Waals surface area contributed by atoms with E-state index < -0.39 is 80.3 Å². The van der Waals surface area contributed by atoms with Gasteiger partial charge in [-0.1, -0.05) is 171 Å². The molecule has 650 valence electrons. The van der Waals surface area contributed by atoms with Crippen LogP contribution in [0.5, 0.6) is 0 Å². The molecule has 14 N–H and O–H groups in total. The predicted octanol–water partition coefficient (Wildman–Crippen LogP) is 11.7. The van der Waals surface area contributed by atoms with Crippen molar-refractivity contribution in [1.29, 1.82) is 0 Å². The first-order chi connectivity index (χ1) is 48.9. The van der Waals surface area contributed by atoms with Crippen LogP contribution in [0, 0.1) is 10.8 Å². The first kappa shape index (κ1) is 119. The molecule has 0 saturated carbocycles. The first-order valence-corrected chi connectivity index (χ1v) is 47.1. The Morgan fingerprint density at radius 2 is 0.667 bits per heavy atom. The van der Waals surface area contributed by atoms with Crippen molar-refractivity contribution in [1.82, 2.24) is 0 Å². The molecule has 0 aliphatic carbocycles. The number of rotatable bonds is 34. The van der Waals surface area contributed by atoms with Crippen LogP contribution < -0.4 is 0 Å². The highest BCUT2D eigenvalue weighted by atomic mass is 28.4. The van der Waals surface area contributed by atoms with E-state index in [2.05, 4.69) is 102 Å². The second-order valence-corrected chi connectivity index (χ2v) is 49.6. The summed E-state index contributed by atoms with van der Waals surface area (Å²) in [5.41, 5.74) is 1.53. The van der Waals surface area contributed by atoms with Crippen LogP contribution in [-0.4, -0.2) is 274 Å². The van der Waals surface area contributed by atoms with Gasteiger partial charge in [0.1, 0.15) is 24.4 Å². The van der Waals surface area contributed by atoms with Crippen molar-refractivity contribution < 1.29 is 118 Å². The quantitative estimate of drug-likeness (QED) is 0.0229. The van der Waals surface area contributed by atoms with Gasteiger partial charge in [0, 0.05) is 32.3 Å². The third-order valence-corrected chi connectivity index (χ3v) is 30.7. The SMILES string of the molecule is CC(C)(C)OC[C@@H](O)CO.CC(C)(C)OC[C@H](O)CO[Si](C)(C)C(C)(C)C.CC(C)(C)[C@@H](O)CO.CC(C)(C)[C@H](O)CO[Si](C)(C)C(C)(C)C.CC(O)CO.CCOC(OCC)[C@@H](O)CO.CCOC(OCC)[C@H](O)CO[Si](C)(C)C(C)(C)C.C[C@@H](O)[C@@H](C)c1ccccc1.OCC(O)COCc1ccccc1. The average molecular weight is 1610 g/mol. The predicted molar refractivity (Wildman–Crippen MR) is 446 cm³/mol. The Morgan fingerprint density at radius 3 is 0.944 bits per heavy atom. The normalized spacial score (nSPS) is 15.2. The highest BCUT2D eigenvalue weighted by molar-refractivity contribution is 6.74. The van der Waals surface area contributed by atoms with Gasteiger partial charge in [-0.2, -0.15) is 0 Å². The number of ether oxygens (including phenoxy) is 7. The monoisotopic (exact) mass is 1610 g/mol. The topological polar surface area (TPSA) is 376 Å². The Balaban J connectivity index is -0.000000216. The highest BCUT2D eigenvalue weighted by Gasteiger charge is 2.40. The van der Waals surface area contributed by atoms with Gasteiger partial charge >= 0.3 is 0 Å². The van der Waals surface area contributed by atoms with Crippen molar-refractivity contribution in [2.45, 2.75) is 340 Å². The smallest absolute Gasteiger partial charge is 0.192 e. The van der Waals surface area contributed by atoms with E-state index in [-0.39, 0.29) is 108 Å². The van der Waals surface area contributed by atoms with E-state index in [1.165, 1.54) is 12.5 Å².